The van der Waals surface area contributed by atoms with Gasteiger partial charge in [-0.05, 0) is 36.1 Å². The molecule has 6 nitrogen and oxygen atoms in total. The van der Waals surface area contributed by atoms with Gasteiger partial charge in [-0.3, -0.25) is 9.59 Å². The van der Waals surface area contributed by atoms with Gasteiger partial charge >= 0.3 is 5.97 Å². The summed E-state index contributed by atoms with van der Waals surface area (Å²) in [4.78, 5) is 25.0. The Morgan fingerprint density at radius 1 is 1.17 bits per heavy atom. The number of esters is 1. The average molecular weight is 321 g/mol. The third kappa shape index (κ3) is 4.37. The van der Waals surface area contributed by atoms with Gasteiger partial charge < -0.3 is 19.1 Å². The number of ether oxygens (including phenoxy) is 3. The summed E-state index contributed by atoms with van der Waals surface area (Å²) < 4.78 is 15.5. The van der Waals surface area contributed by atoms with Crippen LogP contribution in [0.2, 0.25) is 0 Å². The second kappa shape index (κ2) is 7.85. The number of methoxy groups -OCH3 is 2. The number of benzene rings is 1. The lowest BCUT2D eigenvalue weighted by atomic mass is 10.0. The van der Waals surface area contributed by atoms with Crippen molar-refractivity contribution in [2.45, 2.75) is 26.2 Å². The van der Waals surface area contributed by atoms with Crippen LogP contribution < -0.4 is 9.47 Å². The summed E-state index contributed by atoms with van der Waals surface area (Å²) in [6, 6.07) is 3.83. The van der Waals surface area contributed by atoms with E-state index in [1.165, 1.54) is 6.92 Å². The second-order valence-electron chi connectivity index (χ2n) is 5.48. The Morgan fingerprint density at radius 3 is 2.43 bits per heavy atom. The standard InChI is InChI=1S/C17H23NO5/c1-12(19)23-8-4-6-18-7-5-13-9-15(21-2)16(22-3)10-14(13)11-17(18)20/h9-10H,4-8,11H2,1-3H3. The highest BCUT2D eigenvalue weighted by Crippen LogP contribution is 2.32. The van der Waals surface area contributed by atoms with Crippen LogP contribution in [-0.4, -0.2) is 50.7 Å². The minimum Gasteiger partial charge on any atom is -0.493 e. The summed E-state index contributed by atoms with van der Waals surface area (Å²) in [5, 5.41) is 0. The van der Waals surface area contributed by atoms with Crippen LogP contribution in [0.3, 0.4) is 0 Å². The summed E-state index contributed by atoms with van der Waals surface area (Å²) in [5.41, 5.74) is 2.09. The van der Waals surface area contributed by atoms with E-state index in [1.807, 2.05) is 17.0 Å². The van der Waals surface area contributed by atoms with E-state index in [2.05, 4.69) is 0 Å². The molecule has 0 aromatic heterocycles. The molecule has 126 valence electrons. The van der Waals surface area contributed by atoms with Crippen molar-refractivity contribution in [2.75, 3.05) is 33.9 Å². The first-order valence-electron chi connectivity index (χ1n) is 7.70. The predicted octanol–water partition coefficient (Wildman–Crippen LogP) is 1.58. The molecule has 1 aromatic rings. The Bertz CT molecular complexity index is 585. The smallest absolute Gasteiger partial charge is 0.302 e. The fourth-order valence-electron chi connectivity index (χ4n) is 2.72. The third-order valence-electron chi connectivity index (χ3n) is 3.93. The molecular weight excluding hydrogens is 298 g/mol. The topological polar surface area (TPSA) is 65.1 Å². The molecule has 23 heavy (non-hydrogen) atoms. The van der Waals surface area contributed by atoms with Gasteiger partial charge in [0, 0.05) is 20.0 Å². The van der Waals surface area contributed by atoms with E-state index in [4.69, 9.17) is 14.2 Å². The molecule has 0 aliphatic carbocycles. The van der Waals surface area contributed by atoms with Gasteiger partial charge in [-0.1, -0.05) is 0 Å². The molecular formula is C17H23NO5. The second-order valence-corrected chi connectivity index (χ2v) is 5.48. The summed E-state index contributed by atoms with van der Waals surface area (Å²) in [5.74, 6) is 1.11. The van der Waals surface area contributed by atoms with E-state index >= 15 is 0 Å². The molecule has 0 atom stereocenters. The molecule has 0 spiro atoms. The van der Waals surface area contributed by atoms with Gasteiger partial charge in [0.2, 0.25) is 5.91 Å². The average Bonchev–Trinajstić information content (AvgIpc) is 2.68. The van der Waals surface area contributed by atoms with Crippen molar-refractivity contribution in [3.05, 3.63) is 23.3 Å². The van der Waals surface area contributed by atoms with Crippen molar-refractivity contribution in [2.24, 2.45) is 0 Å². The monoisotopic (exact) mass is 321 g/mol. The molecule has 1 aromatic carbocycles. The first kappa shape index (κ1) is 17.1. The van der Waals surface area contributed by atoms with Crippen LogP contribution in [0.5, 0.6) is 11.5 Å². The van der Waals surface area contributed by atoms with Crippen LogP contribution in [0, 0.1) is 0 Å². The predicted molar refractivity (Wildman–Crippen MR) is 84.8 cm³/mol. The van der Waals surface area contributed by atoms with Gasteiger partial charge in [0.25, 0.3) is 0 Å². The zero-order valence-corrected chi connectivity index (χ0v) is 13.9. The lowest BCUT2D eigenvalue weighted by Crippen LogP contribution is -2.33. The highest BCUT2D eigenvalue weighted by atomic mass is 16.5. The summed E-state index contributed by atoms with van der Waals surface area (Å²) in [7, 11) is 3.19. The Hall–Kier alpha value is -2.24. The normalized spacial score (nSPS) is 14.0. The lowest BCUT2D eigenvalue weighted by Gasteiger charge is -2.20. The van der Waals surface area contributed by atoms with Crippen molar-refractivity contribution in [3.8, 4) is 11.5 Å². The van der Waals surface area contributed by atoms with Gasteiger partial charge in [-0.2, -0.15) is 0 Å². The minimum atomic E-state index is -0.293. The van der Waals surface area contributed by atoms with Crippen LogP contribution in [0.4, 0.5) is 0 Å². The highest BCUT2D eigenvalue weighted by Gasteiger charge is 2.22. The van der Waals surface area contributed by atoms with Crippen LogP contribution in [-0.2, 0) is 27.2 Å². The molecule has 0 fully saturated rings. The molecule has 0 N–H and O–H groups in total. The molecule has 0 saturated carbocycles. The Balaban J connectivity index is 2.04. The molecule has 0 unspecified atom stereocenters. The van der Waals surface area contributed by atoms with E-state index in [-0.39, 0.29) is 11.9 Å². The zero-order valence-electron chi connectivity index (χ0n) is 13.9. The number of fused-ring (bicyclic) bond motifs is 1. The molecule has 1 amide bonds. The SMILES string of the molecule is COc1cc2c(cc1OC)CC(=O)N(CCCOC(C)=O)CC2. The third-order valence-corrected chi connectivity index (χ3v) is 3.93. The first-order chi connectivity index (χ1) is 11.0. The van der Waals surface area contributed by atoms with Gasteiger partial charge in [0.15, 0.2) is 11.5 Å². The maximum Gasteiger partial charge on any atom is 0.302 e. The van der Waals surface area contributed by atoms with Gasteiger partial charge in [0.05, 0.1) is 27.2 Å². The van der Waals surface area contributed by atoms with E-state index in [0.717, 1.165) is 17.5 Å². The number of amides is 1. The maximum absolute atomic E-state index is 12.4. The van der Waals surface area contributed by atoms with Crippen molar-refractivity contribution >= 4 is 11.9 Å². The van der Waals surface area contributed by atoms with E-state index in [0.29, 0.717) is 44.0 Å². The minimum absolute atomic E-state index is 0.0822. The van der Waals surface area contributed by atoms with Gasteiger partial charge in [-0.25, -0.2) is 0 Å². The summed E-state index contributed by atoms with van der Waals surface area (Å²) in [6.45, 7) is 2.97. The first-order valence-corrected chi connectivity index (χ1v) is 7.70. The van der Waals surface area contributed by atoms with Crippen LogP contribution >= 0.6 is 0 Å². The molecule has 1 aliphatic heterocycles. The van der Waals surface area contributed by atoms with Crippen molar-refractivity contribution in [1.82, 2.24) is 4.90 Å². The van der Waals surface area contributed by atoms with Gasteiger partial charge in [-0.15, -0.1) is 0 Å². The highest BCUT2D eigenvalue weighted by molar-refractivity contribution is 5.80. The molecule has 1 heterocycles. The van der Waals surface area contributed by atoms with Crippen LogP contribution in [0.15, 0.2) is 12.1 Å². The number of carbonyl (C=O) groups excluding carboxylic acids is 2. The number of carbonyl (C=O) groups is 2. The molecule has 1 aliphatic rings. The lowest BCUT2D eigenvalue weighted by molar-refractivity contribution is -0.141. The summed E-state index contributed by atoms with van der Waals surface area (Å²) >= 11 is 0. The Morgan fingerprint density at radius 2 is 1.83 bits per heavy atom. The largest absolute Gasteiger partial charge is 0.493 e. The Labute approximate surface area is 136 Å². The van der Waals surface area contributed by atoms with E-state index in [1.54, 1.807) is 14.2 Å². The number of hydrogen-bond donors (Lipinski definition) is 0. The van der Waals surface area contributed by atoms with Crippen molar-refractivity contribution in [3.63, 3.8) is 0 Å². The van der Waals surface area contributed by atoms with Crippen molar-refractivity contribution in [1.29, 1.82) is 0 Å². The molecule has 0 radical (unpaired) electrons. The fourth-order valence-corrected chi connectivity index (χ4v) is 2.72. The Kier molecular flexibility index (Phi) is 5.84. The summed E-state index contributed by atoms with van der Waals surface area (Å²) in [6.07, 6.45) is 1.77. The quantitative estimate of drug-likeness (QED) is 0.588. The number of nitrogens with zero attached hydrogens (tertiary/aromatic N) is 1. The van der Waals surface area contributed by atoms with Crippen molar-refractivity contribution < 1.29 is 23.8 Å². The maximum atomic E-state index is 12.4. The fraction of sp³-hybridized carbons (Fsp3) is 0.529. The van der Waals surface area contributed by atoms with E-state index in [9.17, 15) is 9.59 Å². The number of hydrogen-bond acceptors (Lipinski definition) is 5. The molecule has 6 heteroatoms. The molecule has 2 rings (SSSR count). The van der Waals surface area contributed by atoms with Crippen LogP contribution in [0.1, 0.15) is 24.5 Å². The molecule has 0 bridgehead atoms. The van der Waals surface area contributed by atoms with Gasteiger partial charge in [0.1, 0.15) is 0 Å². The molecule has 0 saturated heterocycles. The van der Waals surface area contributed by atoms with E-state index < -0.39 is 0 Å². The zero-order chi connectivity index (χ0) is 16.8. The number of rotatable bonds is 6. The van der Waals surface area contributed by atoms with Crippen LogP contribution in [0.25, 0.3) is 0 Å².